The Morgan fingerprint density at radius 1 is 1.35 bits per heavy atom. The molecule has 2 rings (SSSR count). The van der Waals surface area contributed by atoms with Gasteiger partial charge in [0.1, 0.15) is 18.1 Å². The fourth-order valence-corrected chi connectivity index (χ4v) is 1.88. The third-order valence-electron chi connectivity index (χ3n) is 3.11. The predicted octanol–water partition coefficient (Wildman–Crippen LogP) is 2.76. The number of hydrogen-bond acceptors (Lipinski definition) is 3. The molecular formula is C14H14F4N4O. The number of halogens is 4. The van der Waals surface area contributed by atoms with Crippen LogP contribution in [0.3, 0.4) is 0 Å². The molecule has 0 aliphatic carbocycles. The highest BCUT2D eigenvalue weighted by atomic mass is 19.4. The summed E-state index contributed by atoms with van der Waals surface area (Å²) in [7, 11) is 0. The molecule has 0 saturated heterocycles. The molecule has 2 aromatic rings. The highest BCUT2D eigenvalue weighted by molar-refractivity contribution is 5.92. The van der Waals surface area contributed by atoms with Crippen LogP contribution in [0.15, 0.2) is 30.6 Å². The van der Waals surface area contributed by atoms with Gasteiger partial charge in [0.15, 0.2) is 0 Å². The van der Waals surface area contributed by atoms with Gasteiger partial charge in [-0.1, -0.05) is 6.07 Å². The van der Waals surface area contributed by atoms with E-state index in [-0.39, 0.29) is 12.2 Å². The van der Waals surface area contributed by atoms with E-state index in [4.69, 9.17) is 0 Å². The SMILES string of the molecule is C[C@@H](NC(=O)c1ccn(CCF)n1)c1ccc(C(F)(F)F)nc1. The number of rotatable bonds is 5. The van der Waals surface area contributed by atoms with Crippen molar-refractivity contribution in [3.05, 3.63) is 47.5 Å². The van der Waals surface area contributed by atoms with E-state index < -0.39 is 30.5 Å². The number of nitrogens with zero attached hydrogens (tertiary/aromatic N) is 3. The lowest BCUT2D eigenvalue weighted by atomic mass is 10.1. The van der Waals surface area contributed by atoms with E-state index in [2.05, 4.69) is 15.4 Å². The summed E-state index contributed by atoms with van der Waals surface area (Å²) in [5, 5.41) is 6.49. The molecule has 5 nitrogen and oxygen atoms in total. The Balaban J connectivity index is 2.02. The van der Waals surface area contributed by atoms with Crippen LogP contribution in [0.5, 0.6) is 0 Å². The van der Waals surface area contributed by atoms with Gasteiger partial charge < -0.3 is 5.32 Å². The number of pyridine rings is 1. The largest absolute Gasteiger partial charge is 0.433 e. The summed E-state index contributed by atoms with van der Waals surface area (Å²) < 4.78 is 50.8. The standard InChI is InChI=1S/C14H14F4N4O/c1-9(10-2-3-12(19-8-10)14(16,17)18)20-13(23)11-4-6-22(21-11)7-5-15/h2-4,6,8-9H,5,7H2,1H3,(H,20,23)/t9-/m1/s1. The molecule has 0 radical (unpaired) electrons. The Kier molecular flexibility index (Phi) is 4.97. The number of aryl methyl sites for hydroxylation is 1. The molecular weight excluding hydrogens is 316 g/mol. The second-order valence-electron chi connectivity index (χ2n) is 4.82. The van der Waals surface area contributed by atoms with E-state index in [1.165, 1.54) is 23.0 Å². The van der Waals surface area contributed by atoms with Crippen LogP contribution in [0.4, 0.5) is 17.6 Å². The molecule has 0 saturated carbocycles. The van der Waals surface area contributed by atoms with Crippen LogP contribution in [-0.4, -0.2) is 27.3 Å². The van der Waals surface area contributed by atoms with E-state index in [0.717, 1.165) is 12.3 Å². The van der Waals surface area contributed by atoms with E-state index >= 15 is 0 Å². The molecule has 2 heterocycles. The lowest BCUT2D eigenvalue weighted by Crippen LogP contribution is -2.27. The monoisotopic (exact) mass is 330 g/mol. The van der Waals surface area contributed by atoms with Gasteiger partial charge in [0.2, 0.25) is 0 Å². The Hall–Kier alpha value is -2.45. The molecule has 1 amide bonds. The number of alkyl halides is 4. The smallest absolute Gasteiger partial charge is 0.344 e. The molecule has 0 spiro atoms. The van der Waals surface area contributed by atoms with Crippen molar-refractivity contribution in [2.75, 3.05) is 6.67 Å². The molecule has 23 heavy (non-hydrogen) atoms. The minimum Gasteiger partial charge on any atom is -0.344 e. The lowest BCUT2D eigenvalue weighted by Gasteiger charge is -2.14. The minimum atomic E-state index is -4.51. The first-order valence-corrected chi connectivity index (χ1v) is 6.74. The van der Waals surface area contributed by atoms with Gasteiger partial charge in [0, 0.05) is 12.4 Å². The summed E-state index contributed by atoms with van der Waals surface area (Å²) in [6, 6.07) is 2.99. The van der Waals surface area contributed by atoms with Crippen molar-refractivity contribution in [3.8, 4) is 0 Å². The Morgan fingerprint density at radius 3 is 2.65 bits per heavy atom. The van der Waals surface area contributed by atoms with Gasteiger partial charge in [-0.05, 0) is 24.6 Å². The second-order valence-corrected chi connectivity index (χ2v) is 4.82. The fraction of sp³-hybridized carbons (Fsp3) is 0.357. The molecule has 0 unspecified atom stereocenters. The first kappa shape index (κ1) is 16.9. The lowest BCUT2D eigenvalue weighted by molar-refractivity contribution is -0.141. The van der Waals surface area contributed by atoms with Gasteiger partial charge in [-0.3, -0.25) is 14.5 Å². The number of aromatic nitrogens is 3. The molecule has 1 atom stereocenters. The number of carbonyl (C=O) groups is 1. The number of amides is 1. The maximum Gasteiger partial charge on any atom is 0.433 e. The van der Waals surface area contributed by atoms with Crippen LogP contribution in [0, 0.1) is 0 Å². The topological polar surface area (TPSA) is 59.8 Å². The second kappa shape index (κ2) is 6.76. The first-order chi connectivity index (χ1) is 10.8. The van der Waals surface area contributed by atoms with Crippen molar-refractivity contribution in [1.29, 1.82) is 0 Å². The maximum absolute atomic E-state index is 12.4. The highest BCUT2D eigenvalue weighted by Gasteiger charge is 2.32. The van der Waals surface area contributed by atoms with Crippen molar-refractivity contribution in [2.24, 2.45) is 0 Å². The van der Waals surface area contributed by atoms with E-state index in [0.29, 0.717) is 5.56 Å². The molecule has 124 valence electrons. The normalized spacial score (nSPS) is 12.9. The van der Waals surface area contributed by atoms with Crippen LogP contribution < -0.4 is 5.32 Å². The fourth-order valence-electron chi connectivity index (χ4n) is 1.88. The quantitative estimate of drug-likeness (QED) is 0.858. The first-order valence-electron chi connectivity index (χ1n) is 6.74. The number of hydrogen-bond donors (Lipinski definition) is 1. The Labute approximate surface area is 129 Å². The molecule has 9 heteroatoms. The molecule has 1 N–H and O–H groups in total. The summed E-state index contributed by atoms with van der Waals surface area (Å²) in [5.41, 5.74) is -0.468. The summed E-state index contributed by atoms with van der Waals surface area (Å²) in [4.78, 5) is 15.3. The predicted molar refractivity (Wildman–Crippen MR) is 73.3 cm³/mol. The van der Waals surface area contributed by atoms with Gasteiger partial charge >= 0.3 is 6.18 Å². The summed E-state index contributed by atoms with van der Waals surface area (Å²) >= 11 is 0. The minimum absolute atomic E-state index is 0.0473. The highest BCUT2D eigenvalue weighted by Crippen LogP contribution is 2.27. The van der Waals surface area contributed by atoms with Crippen molar-refractivity contribution in [2.45, 2.75) is 25.7 Å². The average molecular weight is 330 g/mol. The van der Waals surface area contributed by atoms with Crippen LogP contribution in [0.1, 0.15) is 34.7 Å². The van der Waals surface area contributed by atoms with Crippen LogP contribution in [-0.2, 0) is 12.7 Å². The van der Waals surface area contributed by atoms with Crippen LogP contribution in [0.2, 0.25) is 0 Å². The van der Waals surface area contributed by atoms with Gasteiger partial charge in [-0.25, -0.2) is 4.39 Å². The van der Waals surface area contributed by atoms with Gasteiger partial charge in [0.25, 0.3) is 5.91 Å². The third kappa shape index (κ3) is 4.27. The van der Waals surface area contributed by atoms with E-state index in [9.17, 15) is 22.4 Å². The zero-order valence-electron chi connectivity index (χ0n) is 12.1. The molecule has 0 bridgehead atoms. The van der Waals surface area contributed by atoms with Crippen molar-refractivity contribution in [1.82, 2.24) is 20.1 Å². The van der Waals surface area contributed by atoms with E-state index in [1.807, 2.05) is 0 Å². The summed E-state index contributed by atoms with van der Waals surface area (Å²) in [6.07, 6.45) is -1.97. The zero-order valence-corrected chi connectivity index (χ0v) is 12.1. The van der Waals surface area contributed by atoms with Crippen molar-refractivity contribution in [3.63, 3.8) is 0 Å². The van der Waals surface area contributed by atoms with Crippen molar-refractivity contribution < 1.29 is 22.4 Å². The summed E-state index contributed by atoms with van der Waals surface area (Å²) in [5.74, 6) is -0.505. The van der Waals surface area contributed by atoms with Crippen LogP contribution >= 0.6 is 0 Å². The van der Waals surface area contributed by atoms with Gasteiger partial charge in [0.05, 0.1) is 12.6 Å². The molecule has 2 aromatic heterocycles. The Bertz CT molecular complexity index is 666. The average Bonchev–Trinajstić information content (AvgIpc) is 2.95. The molecule has 0 aliphatic heterocycles. The third-order valence-corrected chi connectivity index (χ3v) is 3.11. The molecule has 0 fully saturated rings. The number of carbonyl (C=O) groups excluding carboxylic acids is 1. The van der Waals surface area contributed by atoms with Gasteiger partial charge in [-0.2, -0.15) is 18.3 Å². The Morgan fingerprint density at radius 2 is 2.09 bits per heavy atom. The maximum atomic E-state index is 12.4. The van der Waals surface area contributed by atoms with Gasteiger partial charge in [-0.15, -0.1) is 0 Å². The molecule has 0 aliphatic rings. The number of nitrogens with one attached hydrogen (secondary N) is 1. The van der Waals surface area contributed by atoms with Crippen LogP contribution in [0.25, 0.3) is 0 Å². The van der Waals surface area contributed by atoms with Crippen molar-refractivity contribution >= 4 is 5.91 Å². The zero-order chi connectivity index (χ0) is 17.0. The summed E-state index contributed by atoms with van der Waals surface area (Å²) in [6.45, 7) is 1.06. The van der Waals surface area contributed by atoms with E-state index in [1.54, 1.807) is 6.92 Å². The molecule has 0 aromatic carbocycles.